The van der Waals surface area contributed by atoms with Crippen LogP contribution in [0, 0.1) is 11.3 Å². The number of carbonyl (C=O) groups is 2. The number of amides is 1. The number of nitrogens with zero attached hydrogens (tertiary/aromatic N) is 2. The number of sulfonamides is 1. The van der Waals surface area contributed by atoms with Crippen LogP contribution in [0.3, 0.4) is 0 Å². The number of aliphatic hydroxyl groups is 1. The van der Waals surface area contributed by atoms with Crippen LogP contribution in [0.1, 0.15) is 13.3 Å². The summed E-state index contributed by atoms with van der Waals surface area (Å²) < 4.78 is 31.7. The van der Waals surface area contributed by atoms with E-state index in [1.165, 1.54) is 31.0 Å². The van der Waals surface area contributed by atoms with Crippen LogP contribution in [0.5, 0.6) is 0 Å². The zero-order valence-corrected chi connectivity index (χ0v) is 17.4. The molecule has 0 aromatic heterocycles. The third-order valence-corrected chi connectivity index (χ3v) is 5.72. The van der Waals surface area contributed by atoms with Gasteiger partial charge in [0, 0.05) is 13.6 Å². The van der Waals surface area contributed by atoms with Crippen LogP contribution in [-0.4, -0.2) is 62.6 Å². The van der Waals surface area contributed by atoms with Crippen LogP contribution < -0.4 is 4.72 Å². The van der Waals surface area contributed by atoms with Crippen LogP contribution in [0.4, 0.5) is 0 Å². The zero-order valence-electron chi connectivity index (χ0n) is 15.1. The van der Waals surface area contributed by atoms with Gasteiger partial charge in [-0.05, 0) is 25.1 Å². The Morgan fingerprint density at radius 1 is 1.36 bits per heavy atom. The van der Waals surface area contributed by atoms with E-state index in [1.807, 2.05) is 10.8 Å². The van der Waals surface area contributed by atoms with Crippen molar-refractivity contribution in [1.29, 1.82) is 5.26 Å². The first-order valence-corrected chi connectivity index (χ1v) is 10.2. The maximum atomic E-state index is 12.4. The molecule has 0 bridgehead atoms. The van der Waals surface area contributed by atoms with E-state index >= 15 is 0 Å². The van der Waals surface area contributed by atoms with Gasteiger partial charge in [-0.3, -0.25) is 9.59 Å². The lowest BCUT2D eigenvalue weighted by Gasteiger charge is -2.21. The quantitative estimate of drug-likeness (QED) is 0.532. The van der Waals surface area contributed by atoms with Crippen LogP contribution in [-0.2, 0) is 24.3 Å². The van der Waals surface area contributed by atoms with E-state index in [0.717, 1.165) is 6.07 Å². The third kappa shape index (κ3) is 6.92. The number of ether oxygens (including phenoxy) is 1. The average Bonchev–Trinajstić information content (AvgIpc) is 2.63. The molecule has 0 aliphatic rings. The summed E-state index contributed by atoms with van der Waals surface area (Å²) in [6.07, 6.45) is -1.34. The molecule has 0 aliphatic heterocycles. The highest BCUT2D eigenvalue weighted by atomic mass is 35.5. The molecule has 154 valence electrons. The zero-order chi connectivity index (χ0) is 21.5. The number of aliphatic hydroxyl groups excluding tert-OH is 1. The summed E-state index contributed by atoms with van der Waals surface area (Å²) in [5.41, 5.74) is 0. The van der Waals surface area contributed by atoms with E-state index in [2.05, 4.69) is 0 Å². The van der Waals surface area contributed by atoms with Crippen molar-refractivity contribution in [3.8, 4) is 6.07 Å². The first-order chi connectivity index (χ1) is 13.0. The van der Waals surface area contributed by atoms with Gasteiger partial charge in [0.25, 0.3) is 5.91 Å². The molecule has 0 aliphatic carbocycles. The molecule has 0 heterocycles. The fourth-order valence-corrected chi connectivity index (χ4v) is 3.54. The van der Waals surface area contributed by atoms with Crippen LogP contribution in [0.2, 0.25) is 10.0 Å². The van der Waals surface area contributed by atoms with Gasteiger partial charge in [-0.15, -0.1) is 0 Å². The van der Waals surface area contributed by atoms with Crippen molar-refractivity contribution >= 4 is 45.1 Å². The fraction of sp³-hybridized carbons (Fsp3) is 0.438. The lowest BCUT2D eigenvalue weighted by molar-refractivity contribution is -0.154. The first kappa shape index (κ1) is 24.1. The van der Waals surface area contributed by atoms with Crippen molar-refractivity contribution in [2.24, 2.45) is 0 Å². The highest BCUT2D eigenvalue weighted by Gasteiger charge is 2.31. The molecule has 2 N–H and O–H groups in total. The number of halogens is 2. The minimum atomic E-state index is -4.24. The van der Waals surface area contributed by atoms with Gasteiger partial charge in [0.05, 0.1) is 33.5 Å². The number of hydrogen-bond acceptors (Lipinski definition) is 7. The Hall–Kier alpha value is -1.90. The standard InChI is InChI=1S/C16H19Cl2N3O6S/c1-10(22)15(16(24)27-9-14(23)21(2)7-3-6-19)20-28(25,26)11-4-5-12(17)13(18)8-11/h4-5,8,10,15,20,22H,3,7,9H2,1-2H3/t10-,15-/m0/s1. The Morgan fingerprint density at radius 3 is 2.54 bits per heavy atom. The predicted octanol–water partition coefficient (Wildman–Crippen LogP) is 0.936. The smallest absolute Gasteiger partial charge is 0.327 e. The molecule has 0 unspecified atom stereocenters. The van der Waals surface area contributed by atoms with E-state index in [-0.39, 0.29) is 27.9 Å². The van der Waals surface area contributed by atoms with Crippen molar-refractivity contribution < 1.29 is 27.9 Å². The van der Waals surface area contributed by atoms with Gasteiger partial charge < -0.3 is 14.7 Å². The molecule has 0 radical (unpaired) electrons. The van der Waals surface area contributed by atoms with Gasteiger partial charge in [0.1, 0.15) is 6.04 Å². The number of nitriles is 1. The first-order valence-electron chi connectivity index (χ1n) is 7.92. The Kier molecular flexibility index (Phi) is 9.13. The Balaban J connectivity index is 2.84. The van der Waals surface area contributed by atoms with Gasteiger partial charge >= 0.3 is 5.97 Å². The number of nitrogens with one attached hydrogen (secondary N) is 1. The van der Waals surface area contributed by atoms with Crippen LogP contribution >= 0.6 is 23.2 Å². The maximum Gasteiger partial charge on any atom is 0.327 e. The van der Waals surface area contributed by atoms with Gasteiger partial charge in [-0.2, -0.15) is 9.98 Å². The number of carbonyl (C=O) groups excluding carboxylic acids is 2. The third-order valence-electron chi connectivity index (χ3n) is 3.54. The normalized spacial score (nSPS) is 13.3. The summed E-state index contributed by atoms with van der Waals surface area (Å²) in [7, 11) is -2.82. The van der Waals surface area contributed by atoms with Crippen molar-refractivity contribution in [2.45, 2.75) is 30.4 Å². The number of likely N-dealkylation sites (N-methyl/N-ethyl adjacent to an activating group) is 1. The maximum absolute atomic E-state index is 12.4. The predicted molar refractivity (Wildman–Crippen MR) is 101 cm³/mol. The Labute approximate surface area is 172 Å². The molecule has 12 heteroatoms. The molecule has 0 fully saturated rings. The second kappa shape index (κ2) is 10.6. The lowest BCUT2D eigenvalue weighted by Crippen LogP contribution is -2.49. The molecule has 9 nitrogen and oxygen atoms in total. The molecular weight excluding hydrogens is 433 g/mol. The van der Waals surface area contributed by atoms with Crippen LogP contribution in [0.25, 0.3) is 0 Å². The number of hydrogen-bond donors (Lipinski definition) is 2. The van der Waals surface area contributed by atoms with Gasteiger partial charge in [-0.1, -0.05) is 23.2 Å². The largest absolute Gasteiger partial charge is 0.454 e. The van der Waals surface area contributed by atoms with E-state index < -0.39 is 40.7 Å². The summed E-state index contributed by atoms with van der Waals surface area (Å²) in [5.74, 6) is -1.72. The van der Waals surface area contributed by atoms with Gasteiger partial charge in [-0.25, -0.2) is 8.42 Å². The van der Waals surface area contributed by atoms with Crippen molar-refractivity contribution in [2.75, 3.05) is 20.2 Å². The molecule has 1 amide bonds. The minimum Gasteiger partial charge on any atom is -0.454 e. The topological polar surface area (TPSA) is 137 Å². The monoisotopic (exact) mass is 451 g/mol. The van der Waals surface area contributed by atoms with Crippen LogP contribution in [0.15, 0.2) is 23.1 Å². The van der Waals surface area contributed by atoms with E-state index in [4.69, 9.17) is 33.2 Å². The molecule has 2 atom stereocenters. The number of esters is 1. The highest BCUT2D eigenvalue weighted by molar-refractivity contribution is 7.89. The molecule has 0 saturated heterocycles. The lowest BCUT2D eigenvalue weighted by atomic mass is 10.2. The highest BCUT2D eigenvalue weighted by Crippen LogP contribution is 2.25. The SMILES string of the molecule is C[C@H](O)[C@H](NS(=O)(=O)c1ccc(Cl)c(Cl)c1)C(=O)OCC(=O)N(C)CCC#N. The van der Waals surface area contributed by atoms with E-state index in [9.17, 15) is 23.1 Å². The van der Waals surface area contributed by atoms with Crippen molar-refractivity contribution in [1.82, 2.24) is 9.62 Å². The second-order valence-electron chi connectivity index (χ2n) is 5.75. The Morgan fingerprint density at radius 2 is 2.00 bits per heavy atom. The number of benzene rings is 1. The van der Waals surface area contributed by atoms with Gasteiger partial charge in [0.15, 0.2) is 6.61 Å². The minimum absolute atomic E-state index is 0.00767. The summed E-state index contributed by atoms with van der Waals surface area (Å²) in [5, 5.41) is 18.4. The van der Waals surface area contributed by atoms with E-state index in [1.54, 1.807) is 0 Å². The molecule has 28 heavy (non-hydrogen) atoms. The fourth-order valence-electron chi connectivity index (χ4n) is 1.90. The molecule has 0 spiro atoms. The summed E-state index contributed by atoms with van der Waals surface area (Å²) in [6.45, 7) is 0.666. The van der Waals surface area contributed by atoms with Crippen molar-refractivity contribution in [3.63, 3.8) is 0 Å². The molecule has 0 saturated carbocycles. The van der Waals surface area contributed by atoms with E-state index in [0.29, 0.717) is 0 Å². The molecule has 1 rings (SSSR count). The summed E-state index contributed by atoms with van der Waals surface area (Å²) in [6, 6.07) is 3.75. The average molecular weight is 452 g/mol. The molecule has 1 aromatic rings. The van der Waals surface area contributed by atoms with Crippen molar-refractivity contribution in [3.05, 3.63) is 28.2 Å². The van der Waals surface area contributed by atoms with Gasteiger partial charge in [0.2, 0.25) is 10.0 Å². The second-order valence-corrected chi connectivity index (χ2v) is 8.27. The molecule has 1 aromatic carbocycles. The summed E-state index contributed by atoms with van der Waals surface area (Å²) >= 11 is 11.6. The number of rotatable bonds is 9. The molecular formula is C16H19Cl2N3O6S. The Bertz CT molecular complexity index is 870. The summed E-state index contributed by atoms with van der Waals surface area (Å²) in [4.78, 5) is 24.9.